The van der Waals surface area contributed by atoms with Gasteiger partial charge in [0, 0.05) is 37.2 Å². The first-order valence-electron chi connectivity index (χ1n) is 9.16. The highest BCUT2D eigenvalue weighted by molar-refractivity contribution is 7.89. The lowest BCUT2D eigenvalue weighted by Gasteiger charge is -2.39. The Kier molecular flexibility index (Phi) is 4.92. The average molecular weight is 381 g/mol. The number of morpholine rings is 1. The van der Waals surface area contributed by atoms with Crippen LogP contribution in [0, 0.1) is 0 Å². The van der Waals surface area contributed by atoms with Crippen LogP contribution in [-0.4, -0.2) is 50.5 Å². The van der Waals surface area contributed by atoms with E-state index in [2.05, 4.69) is 0 Å². The number of rotatable bonds is 3. The summed E-state index contributed by atoms with van der Waals surface area (Å²) in [5.41, 5.74) is 1.33. The number of ether oxygens (including phenoxy) is 1. The third kappa shape index (κ3) is 3.28. The van der Waals surface area contributed by atoms with E-state index in [4.69, 9.17) is 4.74 Å². The molecule has 2 aliphatic rings. The molecule has 0 N–H and O–H groups in total. The Morgan fingerprint density at radius 3 is 2.38 bits per heavy atom. The third-order valence-corrected chi connectivity index (χ3v) is 7.05. The lowest BCUT2D eigenvalue weighted by atomic mass is 9.77. The van der Waals surface area contributed by atoms with Gasteiger partial charge in [-0.3, -0.25) is 4.79 Å². The Morgan fingerprint density at radius 2 is 1.81 bits per heavy atom. The second-order valence-corrected chi connectivity index (χ2v) is 9.89. The molecule has 0 saturated carbocycles. The van der Waals surface area contributed by atoms with Crippen LogP contribution in [0.5, 0.6) is 0 Å². The summed E-state index contributed by atoms with van der Waals surface area (Å²) < 4.78 is 33.5. The highest BCUT2D eigenvalue weighted by Gasteiger charge is 2.38. The van der Waals surface area contributed by atoms with Crippen LogP contribution in [0.4, 0.5) is 5.69 Å². The minimum Gasteiger partial charge on any atom is -0.373 e. The molecule has 6 nitrogen and oxygen atoms in total. The van der Waals surface area contributed by atoms with E-state index < -0.39 is 15.4 Å². The number of anilines is 1. The average Bonchev–Trinajstić information content (AvgIpc) is 2.53. The maximum Gasteiger partial charge on any atom is 0.243 e. The van der Waals surface area contributed by atoms with Crippen LogP contribution in [0.25, 0.3) is 0 Å². The van der Waals surface area contributed by atoms with Gasteiger partial charge in [-0.25, -0.2) is 8.42 Å². The van der Waals surface area contributed by atoms with Crippen molar-refractivity contribution in [3.63, 3.8) is 0 Å². The van der Waals surface area contributed by atoms with Crippen molar-refractivity contribution < 1.29 is 17.9 Å². The molecule has 0 radical (unpaired) electrons. The number of hydrogen-bond donors (Lipinski definition) is 0. The van der Waals surface area contributed by atoms with Crippen molar-refractivity contribution in [2.24, 2.45) is 0 Å². The van der Waals surface area contributed by atoms with Crippen LogP contribution in [0.2, 0.25) is 0 Å². The summed E-state index contributed by atoms with van der Waals surface area (Å²) in [5, 5.41) is 0. The lowest BCUT2D eigenvalue weighted by Crippen LogP contribution is -2.48. The SMILES string of the molecule is CCN1C(=O)CC(C)(C)c2cc(S(=O)(=O)N3C[C@H](C)O[C@@H](C)C3)ccc21. The molecule has 1 fully saturated rings. The van der Waals surface area contributed by atoms with E-state index in [0.29, 0.717) is 26.1 Å². The Morgan fingerprint density at radius 1 is 1.19 bits per heavy atom. The van der Waals surface area contributed by atoms with Crippen LogP contribution >= 0.6 is 0 Å². The van der Waals surface area contributed by atoms with Crippen LogP contribution in [0.1, 0.15) is 46.6 Å². The molecule has 0 aromatic heterocycles. The zero-order valence-electron chi connectivity index (χ0n) is 16.2. The van der Waals surface area contributed by atoms with Crippen LogP contribution in [0.15, 0.2) is 23.1 Å². The van der Waals surface area contributed by atoms with Gasteiger partial charge in [0.05, 0.1) is 17.1 Å². The summed E-state index contributed by atoms with van der Waals surface area (Å²) in [4.78, 5) is 14.4. The molecule has 0 spiro atoms. The zero-order valence-corrected chi connectivity index (χ0v) is 17.0. The quantitative estimate of drug-likeness (QED) is 0.808. The number of amides is 1. The summed E-state index contributed by atoms with van der Waals surface area (Å²) in [6.07, 6.45) is 0.120. The number of fused-ring (bicyclic) bond motifs is 1. The fourth-order valence-corrected chi connectivity index (χ4v) is 5.60. The smallest absolute Gasteiger partial charge is 0.243 e. The number of carbonyl (C=O) groups is 1. The second-order valence-electron chi connectivity index (χ2n) is 7.96. The molecule has 2 atom stereocenters. The fraction of sp³-hybridized carbons (Fsp3) is 0.632. The van der Waals surface area contributed by atoms with Gasteiger partial charge in [0.2, 0.25) is 15.9 Å². The van der Waals surface area contributed by atoms with E-state index in [9.17, 15) is 13.2 Å². The minimum absolute atomic E-state index is 0.0800. The summed E-state index contributed by atoms with van der Waals surface area (Å²) in [6, 6.07) is 5.15. The highest BCUT2D eigenvalue weighted by atomic mass is 32.2. The summed E-state index contributed by atoms with van der Waals surface area (Å²) in [7, 11) is -3.60. The van der Waals surface area contributed by atoms with Crippen molar-refractivity contribution in [2.45, 2.75) is 63.6 Å². The molecule has 1 amide bonds. The van der Waals surface area contributed by atoms with Gasteiger partial charge in [0.1, 0.15) is 0 Å². The maximum atomic E-state index is 13.2. The molecule has 1 aromatic rings. The van der Waals surface area contributed by atoms with E-state index in [1.54, 1.807) is 23.1 Å². The van der Waals surface area contributed by atoms with Crippen LogP contribution in [-0.2, 0) is 25.0 Å². The standard InChI is InChI=1S/C19H28N2O4S/c1-6-21-17-8-7-15(9-16(17)19(4,5)10-18(21)22)26(23,24)20-11-13(2)25-14(3)12-20/h7-9,13-14H,6,10-12H2,1-5H3/t13-,14-/m0/s1. The van der Waals surface area contributed by atoms with Gasteiger partial charge in [-0.05, 0) is 44.5 Å². The Hall–Kier alpha value is -1.44. The molecule has 144 valence electrons. The van der Waals surface area contributed by atoms with E-state index in [1.807, 2.05) is 34.6 Å². The van der Waals surface area contributed by atoms with Crippen molar-refractivity contribution >= 4 is 21.6 Å². The molecule has 26 heavy (non-hydrogen) atoms. The van der Waals surface area contributed by atoms with E-state index >= 15 is 0 Å². The first-order chi connectivity index (χ1) is 12.1. The summed E-state index contributed by atoms with van der Waals surface area (Å²) in [5.74, 6) is 0.0800. The van der Waals surface area contributed by atoms with Gasteiger partial charge >= 0.3 is 0 Å². The molecular formula is C19H28N2O4S. The molecule has 1 saturated heterocycles. The Bertz CT molecular complexity index is 809. The Balaban J connectivity index is 2.04. The number of sulfonamides is 1. The van der Waals surface area contributed by atoms with E-state index in [1.165, 1.54) is 4.31 Å². The summed E-state index contributed by atoms with van der Waals surface area (Å²) in [6.45, 7) is 11.0. The Labute approximate surface area is 156 Å². The monoisotopic (exact) mass is 380 g/mol. The van der Waals surface area contributed by atoms with Gasteiger partial charge in [-0.1, -0.05) is 13.8 Å². The number of nitrogens with zero attached hydrogens (tertiary/aromatic N) is 2. The number of benzene rings is 1. The van der Waals surface area contributed by atoms with Crippen LogP contribution in [0.3, 0.4) is 0 Å². The molecule has 0 aliphatic carbocycles. The molecule has 3 rings (SSSR count). The zero-order chi connectivity index (χ0) is 19.3. The number of carbonyl (C=O) groups excluding carboxylic acids is 1. The largest absolute Gasteiger partial charge is 0.373 e. The first kappa shape index (κ1) is 19.3. The van der Waals surface area contributed by atoms with Crippen molar-refractivity contribution in [1.29, 1.82) is 0 Å². The van der Waals surface area contributed by atoms with Gasteiger partial charge in [0.15, 0.2) is 0 Å². The highest BCUT2D eigenvalue weighted by Crippen LogP contribution is 2.41. The maximum absolute atomic E-state index is 13.2. The second kappa shape index (κ2) is 6.62. The minimum atomic E-state index is -3.60. The van der Waals surface area contributed by atoms with Crippen molar-refractivity contribution in [3.05, 3.63) is 23.8 Å². The third-order valence-electron chi connectivity index (χ3n) is 5.22. The van der Waals surface area contributed by atoms with Gasteiger partial charge in [-0.15, -0.1) is 0 Å². The predicted molar refractivity (Wildman–Crippen MR) is 101 cm³/mol. The van der Waals surface area contributed by atoms with E-state index in [0.717, 1.165) is 11.3 Å². The van der Waals surface area contributed by atoms with Gasteiger partial charge in [-0.2, -0.15) is 4.31 Å². The molecular weight excluding hydrogens is 352 g/mol. The molecule has 0 bridgehead atoms. The first-order valence-corrected chi connectivity index (χ1v) is 10.6. The predicted octanol–water partition coefficient (Wildman–Crippen LogP) is 2.52. The lowest BCUT2D eigenvalue weighted by molar-refractivity contribution is -0.120. The topological polar surface area (TPSA) is 66.9 Å². The molecule has 2 aliphatic heterocycles. The van der Waals surface area contributed by atoms with Crippen molar-refractivity contribution in [3.8, 4) is 0 Å². The van der Waals surface area contributed by atoms with E-state index in [-0.39, 0.29) is 23.0 Å². The van der Waals surface area contributed by atoms with Gasteiger partial charge in [0.25, 0.3) is 0 Å². The fourth-order valence-electron chi connectivity index (χ4n) is 3.98. The van der Waals surface area contributed by atoms with Crippen molar-refractivity contribution in [1.82, 2.24) is 4.31 Å². The number of hydrogen-bond acceptors (Lipinski definition) is 4. The molecule has 1 aromatic carbocycles. The van der Waals surface area contributed by atoms with Gasteiger partial charge < -0.3 is 9.64 Å². The van der Waals surface area contributed by atoms with Crippen molar-refractivity contribution in [2.75, 3.05) is 24.5 Å². The molecule has 2 heterocycles. The summed E-state index contributed by atoms with van der Waals surface area (Å²) >= 11 is 0. The van der Waals surface area contributed by atoms with Crippen LogP contribution < -0.4 is 4.90 Å². The molecule has 0 unspecified atom stereocenters. The normalized spacial score (nSPS) is 26.7. The molecule has 7 heteroatoms.